The van der Waals surface area contributed by atoms with Crippen LogP contribution in [0.4, 0.5) is 0 Å². The summed E-state index contributed by atoms with van der Waals surface area (Å²) in [4.78, 5) is 4.39. The highest BCUT2D eigenvalue weighted by Gasteiger charge is 2.28. The van der Waals surface area contributed by atoms with Gasteiger partial charge >= 0.3 is 0 Å². The minimum absolute atomic E-state index is 0.0749. The van der Waals surface area contributed by atoms with E-state index in [1.165, 1.54) is 0 Å². The molecule has 0 saturated heterocycles. The molecule has 3 heterocycles. The number of aromatic nitrogens is 5. The Kier molecular flexibility index (Phi) is 4.28. The van der Waals surface area contributed by atoms with Crippen LogP contribution in [0.15, 0.2) is 59.1 Å². The van der Waals surface area contributed by atoms with Gasteiger partial charge in [-0.15, -0.1) is 10.2 Å². The zero-order chi connectivity index (χ0) is 20.0. The molecule has 0 aliphatic carbocycles. The summed E-state index contributed by atoms with van der Waals surface area (Å²) >= 11 is 6.13. The molecule has 7 heteroatoms. The highest BCUT2D eigenvalue weighted by atomic mass is 35.5. The molecule has 2 aromatic carbocycles. The molecule has 0 spiro atoms. The third-order valence-corrected chi connectivity index (χ3v) is 5.36. The maximum atomic E-state index is 6.13. The average Bonchev–Trinajstić information content (AvgIpc) is 3.27. The van der Waals surface area contributed by atoms with E-state index in [2.05, 4.69) is 43.1 Å². The van der Waals surface area contributed by atoms with Crippen molar-refractivity contribution in [2.24, 2.45) is 0 Å². The zero-order valence-electron chi connectivity index (χ0n) is 16.0. The van der Waals surface area contributed by atoms with E-state index in [0.29, 0.717) is 23.2 Å². The number of hydrogen-bond acceptors (Lipinski definition) is 5. The Hall–Kier alpha value is -3.25. The van der Waals surface area contributed by atoms with Crippen molar-refractivity contribution in [1.29, 1.82) is 0 Å². The van der Waals surface area contributed by atoms with Gasteiger partial charge in [-0.25, -0.2) is 0 Å². The molecule has 0 radical (unpaired) electrons. The maximum Gasteiger partial charge on any atom is 0.227 e. The van der Waals surface area contributed by atoms with Crippen LogP contribution < -0.4 is 0 Å². The van der Waals surface area contributed by atoms with Gasteiger partial charge in [-0.05, 0) is 43.2 Å². The molecule has 4 aromatic rings. The Morgan fingerprint density at radius 3 is 2.59 bits per heavy atom. The van der Waals surface area contributed by atoms with Gasteiger partial charge in [-0.3, -0.25) is 4.57 Å². The number of allylic oxidation sites excluding steroid dienone is 1. The van der Waals surface area contributed by atoms with Crippen LogP contribution in [0.3, 0.4) is 0 Å². The second kappa shape index (κ2) is 6.97. The summed E-state index contributed by atoms with van der Waals surface area (Å²) in [5, 5.41) is 13.5. The van der Waals surface area contributed by atoms with Gasteiger partial charge < -0.3 is 4.52 Å². The van der Waals surface area contributed by atoms with E-state index in [4.69, 9.17) is 16.1 Å². The van der Waals surface area contributed by atoms with Crippen LogP contribution in [0.5, 0.6) is 0 Å². The molecule has 1 aliphatic rings. The standard InChI is InChI=1S/C22H18ClN5O/c1-13-24-21(29-27-13)12-16-11-19(15-7-9-17(23)10-8-15)18-5-3-4-6-20(18)28-14(2)25-26-22(16)28/h3-11,16H,12H2,1-2H3/t16-/m0/s1. The lowest BCUT2D eigenvalue weighted by atomic mass is 9.93. The first kappa shape index (κ1) is 17.8. The number of fused-ring (bicyclic) bond motifs is 3. The first-order valence-electron chi connectivity index (χ1n) is 9.39. The van der Waals surface area contributed by atoms with Gasteiger partial charge in [-0.1, -0.05) is 53.2 Å². The van der Waals surface area contributed by atoms with Gasteiger partial charge in [0.05, 0.1) is 5.69 Å². The second-order valence-corrected chi connectivity index (χ2v) is 7.53. The summed E-state index contributed by atoms with van der Waals surface area (Å²) in [6.45, 7) is 3.78. The van der Waals surface area contributed by atoms with Crippen molar-refractivity contribution in [3.63, 3.8) is 0 Å². The number of hydrogen-bond donors (Lipinski definition) is 0. The molecule has 29 heavy (non-hydrogen) atoms. The monoisotopic (exact) mass is 403 g/mol. The van der Waals surface area contributed by atoms with Crippen LogP contribution in [0.25, 0.3) is 11.3 Å². The Labute approximate surface area is 172 Å². The molecule has 0 bridgehead atoms. The second-order valence-electron chi connectivity index (χ2n) is 7.09. The molecule has 1 aliphatic heterocycles. The molecule has 2 aromatic heterocycles. The van der Waals surface area contributed by atoms with Crippen molar-refractivity contribution in [3.05, 3.63) is 94.1 Å². The average molecular weight is 404 g/mol. The summed E-state index contributed by atoms with van der Waals surface area (Å²) in [6, 6.07) is 16.2. The van der Waals surface area contributed by atoms with Crippen molar-refractivity contribution >= 4 is 17.2 Å². The quantitative estimate of drug-likeness (QED) is 0.496. The minimum Gasteiger partial charge on any atom is -0.339 e. The van der Waals surface area contributed by atoms with Gasteiger partial charge in [0.25, 0.3) is 0 Å². The zero-order valence-corrected chi connectivity index (χ0v) is 16.8. The van der Waals surface area contributed by atoms with E-state index >= 15 is 0 Å². The molecule has 5 rings (SSSR count). The third-order valence-electron chi connectivity index (χ3n) is 5.10. The van der Waals surface area contributed by atoms with Crippen LogP contribution in [-0.2, 0) is 6.42 Å². The smallest absolute Gasteiger partial charge is 0.227 e. The Bertz CT molecular complexity index is 1220. The topological polar surface area (TPSA) is 69.6 Å². The van der Waals surface area contributed by atoms with Gasteiger partial charge in [0.15, 0.2) is 5.82 Å². The van der Waals surface area contributed by atoms with E-state index in [1.54, 1.807) is 0 Å². The van der Waals surface area contributed by atoms with Crippen molar-refractivity contribution in [2.45, 2.75) is 26.2 Å². The summed E-state index contributed by atoms with van der Waals surface area (Å²) in [5.41, 5.74) is 4.37. The van der Waals surface area contributed by atoms with Crippen molar-refractivity contribution in [2.75, 3.05) is 0 Å². The molecule has 6 nitrogen and oxygen atoms in total. The predicted octanol–water partition coefficient (Wildman–Crippen LogP) is 4.69. The Balaban J connectivity index is 1.73. The van der Waals surface area contributed by atoms with Crippen LogP contribution in [0.1, 0.15) is 40.4 Å². The van der Waals surface area contributed by atoms with Crippen LogP contribution in [0.2, 0.25) is 5.02 Å². The van der Waals surface area contributed by atoms with E-state index in [-0.39, 0.29) is 5.92 Å². The molecule has 0 unspecified atom stereocenters. The van der Waals surface area contributed by atoms with Gasteiger partial charge in [-0.2, -0.15) is 4.98 Å². The fourth-order valence-electron chi connectivity index (χ4n) is 3.82. The fraction of sp³-hybridized carbons (Fsp3) is 0.182. The highest BCUT2D eigenvalue weighted by Crippen LogP contribution is 2.38. The number of halogens is 1. The molecule has 0 saturated carbocycles. The lowest BCUT2D eigenvalue weighted by Gasteiger charge is -2.13. The third kappa shape index (κ3) is 3.15. The Morgan fingerprint density at radius 2 is 1.83 bits per heavy atom. The highest BCUT2D eigenvalue weighted by molar-refractivity contribution is 6.30. The summed E-state index contributed by atoms with van der Waals surface area (Å²) in [5.74, 6) is 2.82. The van der Waals surface area contributed by atoms with Gasteiger partial charge in [0, 0.05) is 22.9 Å². The fourth-order valence-corrected chi connectivity index (χ4v) is 3.95. The largest absolute Gasteiger partial charge is 0.339 e. The summed E-state index contributed by atoms with van der Waals surface area (Å²) in [6.07, 6.45) is 2.76. The molecule has 0 fully saturated rings. The number of nitrogens with zero attached hydrogens (tertiary/aromatic N) is 5. The molecule has 144 valence electrons. The first-order valence-corrected chi connectivity index (χ1v) is 9.76. The van der Waals surface area contributed by atoms with Gasteiger partial charge in [0.1, 0.15) is 11.6 Å². The van der Waals surface area contributed by atoms with E-state index < -0.39 is 0 Å². The van der Waals surface area contributed by atoms with Crippen molar-refractivity contribution in [1.82, 2.24) is 24.9 Å². The number of rotatable bonds is 3. The molecule has 0 N–H and O–H groups in total. The number of benzene rings is 2. The summed E-state index contributed by atoms with van der Waals surface area (Å²) in [7, 11) is 0. The maximum absolute atomic E-state index is 6.13. The SMILES string of the molecule is Cc1noc(C[C@@H]2C=C(c3ccc(Cl)cc3)c3ccccc3-n3c(C)nnc32)n1. The van der Waals surface area contributed by atoms with Crippen LogP contribution in [0, 0.1) is 13.8 Å². The summed E-state index contributed by atoms with van der Waals surface area (Å²) < 4.78 is 7.51. The van der Waals surface area contributed by atoms with E-state index in [9.17, 15) is 0 Å². The van der Waals surface area contributed by atoms with E-state index in [1.807, 2.05) is 50.2 Å². The lowest BCUT2D eigenvalue weighted by Crippen LogP contribution is -2.09. The Morgan fingerprint density at radius 1 is 1.03 bits per heavy atom. The molecule has 0 amide bonds. The van der Waals surface area contributed by atoms with Crippen LogP contribution >= 0.6 is 11.6 Å². The number of para-hydroxylation sites is 1. The van der Waals surface area contributed by atoms with Crippen molar-refractivity contribution in [3.8, 4) is 5.69 Å². The predicted molar refractivity (Wildman–Crippen MR) is 110 cm³/mol. The normalized spacial score (nSPS) is 15.4. The molecule has 1 atom stereocenters. The van der Waals surface area contributed by atoms with Gasteiger partial charge in [0.2, 0.25) is 5.89 Å². The van der Waals surface area contributed by atoms with E-state index in [0.717, 1.165) is 34.0 Å². The molecular formula is C22H18ClN5O. The number of aryl methyl sites for hydroxylation is 2. The van der Waals surface area contributed by atoms with Crippen molar-refractivity contribution < 1.29 is 4.52 Å². The first-order chi connectivity index (χ1) is 14.1. The minimum atomic E-state index is -0.0749. The lowest BCUT2D eigenvalue weighted by molar-refractivity contribution is 0.369. The van der Waals surface area contributed by atoms with Crippen LogP contribution in [-0.4, -0.2) is 24.9 Å². The molecular weight excluding hydrogens is 386 g/mol.